The van der Waals surface area contributed by atoms with E-state index in [9.17, 15) is 4.79 Å². The normalized spacial score (nSPS) is 24.5. The van der Waals surface area contributed by atoms with Gasteiger partial charge in [-0.25, -0.2) is 6.57 Å². The van der Waals surface area contributed by atoms with Crippen molar-refractivity contribution in [3.8, 4) is 0 Å². The van der Waals surface area contributed by atoms with Gasteiger partial charge >= 0.3 is 11.4 Å². The molecule has 0 unspecified atom stereocenters. The predicted molar refractivity (Wildman–Crippen MR) is 112 cm³/mol. The largest absolute Gasteiger partial charge is 0.322 e. The minimum Gasteiger partial charge on any atom is -0.319 e. The van der Waals surface area contributed by atoms with Crippen LogP contribution < -0.4 is 5.32 Å². The fourth-order valence-corrected chi connectivity index (χ4v) is 4.32. The van der Waals surface area contributed by atoms with E-state index >= 15 is 0 Å². The van der Waals surface area contributed by atoms with Crippen LogP contribution in [0.3, 0.4) is 0 Å². The van der Waals surface area contributed by atoms with Gasteiger partial charge in [0.1, 0.15) is 0 Å². The standard InChI is InChI=1S/C25H24N2O/c1-26-25(18-19-11-5-2-6-12-19)22(20-13-7-3-8-14-20)17-23(27-24(25)28)21-15-9-4-10-16-21/h2,4-6,9-13,15-17,22H,3,7-8,14,18H2,(H,27,28)/t22-,25+/m0/s1. The van der Waals surface area contributed by atoms with Crippen molar-refractivity contribution >= 4 is 11.6 Å². The summed E-state index contributed by atoms with van der Waals surface area (Å²) in [6, 6.07) is 19.8. The summed E-state index contributed by atoms with van der Waals surface area (Å²) in [6.07, 6.45) is 9.10. The van der Waals surface area contributed by atoms with Crippen LogP contribution in [0.15, 0.2) is 78.4 Å². The van der Waals surface area contributed by atoms with E-state index in [0.29, 0.717) is 6.42 Å². The molecule has 2 aromatic rings. The van der Waals surface area contributed by atoms with E-state index in [4.69, 9.17) is 6.57 Å². The Kier molecular flexibility index (Phi) is 5.12. The van der Waals surface area contributed by atoms with E-state index in [-0.39, 0.29) is 11.8 Å². The lowest BCUT2D eigenvalue weighted by molar-refractivity contribution is -0.125. The Hall–Kier alpha value is -3.12. The molecule has 0 bridgehead atoms. The van der Waals surface area contributed by atoms with Crippen molar-refractivity contribution < 1.29 is 4.79 Å². The SMILES string of the molecule is [C-]#[N+][C@@]1(Cc2ccccc2)C(=O)NC(c2ccccc2)=C[C@H]1C1=CCCCC1. The lowest BCUT2D eigenvalue weighted by atomic mass is 9.70. The summed E-state index contributed by atoms with van der Waals surface area (Å²) in [6.45, 7) is 8.05. The Labute approximate surface area is 166 Å². The number of allylic oxidation sites excluding steroid dienone is 1. The Morgan fingerprint density at radius 1 is 1.04 bits per heavy atom. The van der Waals surface area contributed by atoms with Gasteiger partial charge in [0.2, 0.25) is 0 Å². The third-order valence-corrected chi connectivity index (χ3v) is 5.82. The van der Waals surface area contributed by atoms with Crippen LogP contribution in [0, 0.1) is 12.5 Å². The number of nitrogens with one attached hydrogen (secondary N) is 1. The molecule has 0 spiro atoms. The number of rotatable bonds is 4. The molecule has 1 aliphatic carbocycles. The fourth-order valence-electron chi connectivity index (χ4n) is 4.32. The van der Waals surface area contributed by atoms with Gasteiger partial charge in [0.15, 0.2) is 0 Å². The maximum atomic E-state index is 13.4. The fraction of sp³-hybridized carbons (Fsp3) is 0.280. The minimum absolute atomic E-state index is 0.191. The number of benzene rings is 2. The molecule has 0 saturated heterocycles. The molecule has 2 aromatic carbocycles. The van der Waals surface area contributed by atoms with E-state index in [1.165, 1.54) is 12.0 Å². The molecule has 3 heteroatoms. The second-order valence-corrected chi connectivity index (χ2v) is 7.60. The molecule has 0 fully saturated rings. The molecule has 28 heavy (non-hydrogen) atoms. The number of amides is 1. The first-order valence-corrected chi connectivity index (χ1v) is 9.93. The molecule has 3 nitrogen and oxygen atoms in total. The first-order chi connectivity index (χ1) is 13.7. The zero-order chi connectivity index (χ0) is 19.4. The molecule has 2 atom stereocenters. The third kappa shape index (κ3) is 3.39. The minimum atomic E-state index is -1.14. The average Bonchev–Trinajstić information content (AvgIpc) is 2.77. The van der Waals surface area contributed by atoms with Crippen molar-refractivity contribution in [3.63, 3.8) is 0 Å². The summed E-state index contributed by atoms with van der Waals surface area (Å²) in [4.78, 5) is 17.4. The zero-order valence-electron chi connectivity index (χ0n) is 15.9. The molecule has 4 rings (SSSR count). The molecule has 0 aromatic heterocycles. The quantitative estimate of drug-likeness (QED) is 0.586. The van der Waals surface area contributed by atoms with Gasteiger partial charge < -0.3 is 5.32 Å². The van der Waals surface area contributed by atoms with Gasteiger partial charge in [-0.1, -0.05) is 72.3 Å². The van der Waals surface area contributed by atoms with Crippen molar-refractivity contribution in [2.24, 2.45) is 5.92 Å². The van der Waals surface area contributed by atoms with Crippen molar-refractivity contribution in [1.29, 1.82) is 0 Å². The van der Waals surface area contributed by atoms with E-state index in [1.807, 2.05) is 60.7 Å². The van der Waals surface area contributed by atoms with Gasteiger partial charge in [0.05, 0.1) is 12.3 Å². The summed E-state index contributed by atoms with van der Waals surface area (Å²) < 4.78 is 0. The Balaban J connectivity index is 1.81. The summed E-state index contributed by atoms with van der Waals surface area (Å²) in [5.41, 5.74) is 2.92. The maximum absolute atomic E-state index is 13.4. The van der Waals surface area contributed by atoms with Crippen LogP contribution in [0.4, 0.5) is 0 Å². The highest BCUT2D eigenvalue weighted by Gasteiger charge is 2.55. The zero-order valence-corrected chi connectivity index (χ0v) is 15.9. The summed E-state index contributed by atoms with van der Waals surface area (Å²) in [5.74, 6) is -0.390. The highest BCUT2D eigenvalue weighted by Crippen LogP contribution is 2.41. The van der Waals surface area contributed by atoms with Crippen molar-refractivity contribution in [3.05, 3.63) is 101 Å². The molecule has 1 heterocycles. The Morgan fingerprint density at radius 3 is 2.39 bits per heavy atom. The van der Waals surface area contributed by atoms with Crippen LogP contribution in [-0.2, 0) is 11.2 Å². The van der Waals surface area contributed by atoms with Gasteiger partial charge in [-0.05, 0) is 42.9 Å². The number of hydrogen-bond acceptors (Lipinski definition) is 1. The topological polar surface area (TPSA) is 33.5 Å². The van der Waals surface area contributed by atoms with Crippen molar-refractivity contribution in [2.45, 2.75) is 37.6 Å². The highest BCUT2D eigenvalue weighted by atomic mass is 16.2. The number of hydrogen-bond donors (Lipinski definition) is 1. The van der Waals surface area contributed by atoms with Gasteiger partial charge in [-0.3, -0.25) is 9.64 Å². The lowest BCUT2D eigenvalue weighted by Gasteiger charge is -2.35. The van der Waals surface area contributed by atoms with Gasteiger partial charge in [-0.15, -0.1) is 0 Å². The molecule has 1 amide bonds. The van der Waals surface area contributed by atoms with Gasteiger partial charge in [0, 0.05) is 5.70 Å². The molecule has 0 radical (unpaired) electrons. The molecule has 1 N–H and O–H groups in total. The van der Waals surface area contributed by atoms with Crippen LogP contribution in [0.2, 0.25) is 0 Å². The van der Waals surface area contributed by atoms with Crippen LogP contribution in [-0.4, -0.2) is 11.4 Å². The smallest absolute Gasteiger partial charge is 0.319 e. The second kappa shape index (κ2) is 7.86. The maximum Gasteiger partial charge on any atom is 0.322 e. The van der Waals surface area contributed by atoms with Gasteiger partial charge in [0.25, 0.3) is 0 Å². The predicted octanol–water partition coefficient (Wildman–Crippen LogP) is 5.17. The molecular formula is C25H24N2O. The first-order valence-electron chi connectivity index (χ1n) is 9.93. The molecule has 140 valence electrons. The number of nitrogens with zero attached hydrogens (tertiary/aromatic N) is 1. The van der Waals surface area contributed by atoms with Crippen molar-refractivity contribution in [2.75, 3.05) is 0 Å². The third-order valence-electron chi connectivity index (χ3n) is 5.82. The molecule has 1 aliphatic heterocycles. The van der Waals surface area contributed by atoms with Crippen LogP contribution in [0.25, 0.3) is 10.5 Å². The van der Waals surface area contributed by atoms with Crippen molar-refractivity contribution in [1.82, 2.24) is 5.32 Å². The van der Waals surface area contributed by atoms with Crippen LogP contribution in [0.5, 0.6) is 0 Å². The number of carbonyl (C=O) groups excluding carboxylic acids is 1. The first kappa shape index (κ1) is 18.3. The van der Waals surface area contributed by atoms with Gasteiger partial charge in [-0.2, -0.15) is 0 Å². The summed E-state index contributed by atoms with van der Waals surface area (Å²) in [5, 5.41) is 3.05. The Bertz CT molecular complexity index is 953. The van der Waals surface area contributed by atoms with E-state index in [0.717, 1.165) is 36.1 Å². The summed E-state index contributed by atoms with van der Waals surface area (Å²) in [7, 11) is 0. The molecular weight excluding hydrogens is 344 g/mol. The molecule has 0 saturated carbocycles. The average molecular weight is 368 g/mol. The monoisotopic (exact) mass is 368 g/mol. The van der Waals surface area contributed by atoms with E-state index in [1.54, 1.807) is 0 Å². The van der Waals surface area contributed by atoms with E-state index in [2.05, 4.69) is 22.3 Å². The second-order valence-electron chi connectivity index (χ2n) is 7.60. The van der Waals surface area contributed by atoms with Crippen LogP contribution >= 0.6 is 0 Å². The summed E-state index contributed by atoms with van der Waals surface area (Å²) >= 11 is 0. The lowest BCUT2D eigenvalue weighted by Crippen LogP contribution is -2.54. The Morgan fingerprint density at radius 2 is 1.75 bits per heavy atom. The number of carbonyl (C=O) groups is 1. The highest BCUT2D eigenvalue weighted by molar-refractivity contribution is 5.98. The van der Waals surface area contributed by atoms with E-state index < -0.39 is 5.54 Å². The van der Waals surface area contributed by atoms with Crippen LogP contribution in [0.1, 0.15) is 36.8 Å². The molecule has 2 aliphatic rings.